The number of rotatable bonds is 4. The summed E-state index contributed by atoms with van der Waals surface area (Å²) in [6.07, 6.45) is 0. The minimum Gasteiger partial charge on any atom is -0.455 e. The Morgan fingerprint density at radius 3 is 1.46 bits per heavy atom. The van der Waals surface area contributed by atoms with Gasteiger partial charge in [0.15, 0.2) is 5.58 Å². The number of fused-ring (bicyclic) bond motifs is 7. The summed E-state index contributed by atoms with van der Waals surface area (Å²) in [5.74, 6) is 0. The maximum absolute atomic E-state index is 6.90. The summed E-state index contributed by atoms with van der Waals surface area (Å²) in [6, 6.07) is 61.1. The summed E-state index contributed by atoms with van der Waals surface area (Å²) in [7, 11) is 0. The van der Waals surface area contributed by atoms with E-state index >= 15 is 0 Å². The molecule has 48 heavy (non-hydrogen) atoms. The van der Waals surface area contributed by atoms with E-state index < -0.39 is 0 Å². The van der Waals surface area contributed by atoms with Crippen molar-refractivity contribution >= 4 is 64.9 Å². The predicted molar refractivity (Wildman–Crippen MR) is 206 cm³/mol. The molecular weight excluding hydrogens is 601 g/mol. The lowest BCUT2D eigenvalue weighted by Crippen LogP contribution is -1.91. The smallest absolute Gasteiger partial charge is 0.153 e. The first-order valence-electron chi connectivity index (χ1n) is 16.4. The van der Waals surface area contributed by atoms with E-state index in [4.69, 9.17) is 4.42 Å². The van der Waals surface area contributed by atoms with Crippen molar-refractivity contribution in [2.45, 2.75) is 0 Å². The van der Waals surface area contributed by atoms with Gasteiger partial charge in [0.1, 0.15) is 5.58 Å². The van der Waals surface area contributed by atoms with Crippen molar-refractivity contribution in [2.24, 2.45) is 0 Å². The van der Waals surface area contributed by atoms with Crippen LogP contribution in [0.3, 0.4) is 0 Å². The number of hydrogen-bond acceptors (Lipinski definition) is 2. The Balaban J connectivity index is 1.31. The van der Waals surface area contributed by atoms with Crippen molar-refractivity contribution in [2.75, 3.05) is 0 Å². The Kier molecular flexibility index (Phi) is 6.12. The van der Waals surface area contributed by atoms with E-state index in [1.165, 1.54) is 75.5 Å². The van der Waals surface area contributed by atoms with Crippen LogP contribution in [0.15, 0.2) is 174 Å². The maximum Gasteiger partial charge on any atom is 0.153 e. The Labute approximate surface area is 282 Å². The van der Waals surface area contributed by atoms with Crippen LogP contribution < -0.4 is 0 Å². The van der Waals surface area contributed by atoms with E-state index in [1.807, 2.05) is 11.3 Å². The van der Waals surface area contributed by atoms with Gasteiger partial charge in [-0.3, -0.25) is 0 Å². The Bertz CT molecular complexity index is 2750. The normalized spacial score (nSPS) is 11.8. The van der Waals surface area contributed by atoms with Crippen molar-refractivity contribution in [3.05, 3.63) is 170 Å². The Hall–Kier alpha value is -5.96. The molecule has 0 fully saturated rings. The number of hydrogen-bond donors (Lipinski definition) is 0. The average Bonchev–Trinajstić information content (AvgIpc) is 3.74. The molecule has 0 aliphatic heterocycles. The minimum absolute atomic E-state index is 0.909. The van der Waals surface area contributed by atoms with Crippen molar-refractivity contribution in [1.29, 1.82) is 0 Å². The van der Waals surface area contributed by atoms with Crippen molar-refractivity contribution in [3.8, 4) is 43.8 Å². The summed E-state index contributed by atoms with van der Waals surface area (Å²) >= 11 is 1.83. The molecule has 10 rings (SSSR count). The molecule has 0 saturated carbocycles. The first-order chi connectivity index (χ1) is 23.8. The fourth-order valence-corrected chi connectivity index (χ4v) is 8.98. The number of furan rings is 1. The summed E-state index contributed by atoms with van der Waals surface area (Å²) in [5, 5.41) is 8.52. The third-order valence-corrected chi connectivity index (χ3v) is 10.9. The second-order valence-corrected chi connectivity index (χ2v) is 13.4. The third-order valence-electron chi connectivity index (χ3n) is 9.68. The molecule has 0 N–H and O–H groups in total. The van der Waals surface area contributed by atoms with Gasteiger partial charge >= 0.3 is 0 Å². The molecule has 2 aromatic heterocycles. The summed E-state index contributed by atoms with van der Waals surface area (Å²) in [4.78, 5) is 1.26. The van der Waals surface area contributed by atoms with Crippen LogP contribution in [0.4, 0.5) is 0 Å². The quantitative estimate of drug-likeness (QED) is 0.177. The molecular formula is C46H28OS. The molecule has 0 amide bonds. The highest BCUT2D eigenvalue weighted by molar-refractivity contribution is 7.24. The maximum atomic E-state index is 6.90. The zero-order valence-corrected chi connectivity index (χ0v) is 26.8. The van der Waals surface area contributed by atoms with E-state index in [0.717, 1.165) is 21.9 Å². The van der Waals surface area contributed by atoms with Gasteiger partial charge in [-0.15, -0.1) is 11.3 Å². The van der Waals surface area contributed by atoms with Gasteiger partial charge in [0.25, 0.3) is 0 Å². The van der Waals surface area contributed by atoms with Crippen LogP contribution in [0, 0.1) is 0 Å². The highest BCUT2D eigenvalue weighted by Gasteiger charge is 2.23. The van der Waals surface area contributed by atoms with Crippen LogP contribution in [0.2, 0.25) is 0 Å². The Morgan fingerprint density at radius 1 is 0.354 bits per heavy atom. The largest absolute Gasteiger partial charge is 0.455 e. The Morgan fingerprint density at radius 2 is 0.854 bits per heavy atom. The van der Waals surface area contributed by atoms with Crippen LogP contribution in [0.25, 0.3) is 97.4 Å². The van der Waals surface area contributed by atoms with Crippen molar-refractivity contribution in [1.82, 2.24) is 0 Å². The molecule has 0 radical (unpaired) electrons. The average molecular weight is 629 g/mol. The predicted octanol–water partition coefficient (Wildman–Crippen LogP) is 13.8. The van der Waals surface area contributed by atoms with Crippen LogP contribution in [0.5, 0.6) is 0 Å². The molecule has 8 aromatic carbocycles. The third kappa shape index (κ3) is 4.03. The number of thiophene rings is 1. The summed E-state index contributed by atoms with van der Waals surface area (Å²) < 4.78 is 8.08. The van der Waals surface area contributed by atoms with Crippen molar-refractivity contribution < 1.29 is 4.42 Å². The van der Waals surface area contributed by atoms with Gasteiger partial charge in [-0.05, 0) is 67.1 Å². The monoisotopic (exact) mass is 628 g/mol. The van der Waals surface area contributed by atoms with Gasteiger partial charge in [-0.2, -0.15) is 0 Å². The molecule has 2 heterocycles. The number of benzene rings is 8. The lowest BCUT2D eigenvalue weighted by molar-refractivity contribution is 0.673. The minimum atomic E-state index is 0.909. The highest BCUT2D eigenvalue weighted by atomic mass is 32.1. The highest BCUT2D eigenvalue weighted by Crippen LogP contribution is 2.51. The molecule has 0 bridgehead atoms. The van der Waals surface area contributed by atoms with E-state index in [-0.39, 0.29) is 0 Å². The molecule has 0 aliphatic carbocycles. The van der Waals surface area contributed by atoms with Crippen LogP contribution in [0.1, 0.15) is 0 Å². The zero-order chi connectivity index (χ0) is 31.6. The lowest BCUT2D eigenvalue weighted by Gasteiger charge is -2.18. The molecule has 2 heteroatoms. The topological polar surface area (TPSA) is 13.1 Å². The summed E-state index contributed by atoms with van der Waals surface area (Å²) in [6.45, 7) is 0. The van der Waals surface area contributed by atoms with Crippen LogP contribution in [-0.2, 0) is 0 Å². The van der Waals surface area contributed by atoms with E-state index in [0.29, 0.717) is 0 Å². The molecule has 0 unspecified atom stereocenters. The second kappa shape index (κ2) is 10.8. The van der Waals surface area contributed by atoms with Gasteiger partial charge in [0, 0.05) is 26.6 Å². The van der Waals surface area contributed by atoms with Gasteiger partial charge in [0.2, 0.25) is 0 Å². The van der Waals surface area contributed by atoms with Crippen LogP contribution >= 0.6 is 11.3 Å². The molecule has 1 nitrogen and oxygen atoms in total. The van der Waals surface area contributed by atoms with Gasteiger partial charge < -0.3 is 4.42 Å². The second-order valence-electron chi connectivity index (χ2n) is 12.3. The molecule has 224 valence electrons. The van der Waals surface area contributed by atoms with E-state index in [2.05, 4.69) is 170 Å². The fourth-order valence-electron chi connectivity index (χ4n) is 7.67. The standard InChI is InChI=1S/C46H28OS/c1-4-15-29(16-5-1)40-32-21-10-12-23-34(32)42(35-24-13-11-22-33(35)40)36-25-14-26-39-43(36)37-27-28-38-41(30-17-6-2-7-18-30)45(31-19-8-3-9-20-31)48-46(38)44(37)47-39/h1-28H. The van der Waals surface area contributed by atoms with Crippen LogP contribution in [-0.4, -0.2) is 0 Å². The first-order valence-corrected chi connectivity index (χ1v) is 17.2. The van der Waals surface area contributed by atoms with Gasteiger partial charge in [-0.25, -0.2) is 0 Å². The molecule has 0 spiro atoms. The lowest BCUT2D eigenvalue weighted by atomic mass is 9.85. The molecule has 0 aliphatic rings. The molecule has 0 saturated heterocycles. The molecule has 10 aromatic rings. The van der Waals surface area contributed by atoms with E-state index in [9.17, 15) is 0 Å². The first kappa shape index (κ1) is 27.2. The fraction of sp³-hybridized carbons (Fsp3) is 0. The SMILES string of the molecule is c1ccc(-c2sc3c(ccc4c3oc3cccc(-c5c6ccccc6c(-c6ccccc6)c6ccccc56)c34)c2-c2ccccc2)cc1. The van der Waals surface area contributed by atoms with E-state index in [1.54, 1.807) is 0 Å². The zero-order valence-electron chi connectivity index (χ0n) is 26.0. The van der Waals surface area contributed by atoms with Gasteiger partial charge in [0.05, 0.1) is 4.70 Å². The van der Waals surface area contributed by atoms with Gasteiger partial charge in [-0.1, -0.05) is 158 Å². The molecule has 0 atom stereocenters. The van der Waals surface area contributed by atoms with Crippen molar-refractivity contribution in [3.63, 3.8) is 0 Å². The summed E-state index contributed by atoms with van der Waals surface area (Å²) in [5.41, 5.74) is 10.5.